The van der Waals surface area contributed by atoms with Crippen LogP contribution in [0.4, 0.5) is 0 Å². The van der Waals surface area contributed by atoms with Gasteiger partial charge in [0.05, 0.1) is 4.90 Å². The number of rotatable bonds is 7. The van der Waals surface area contributed by atoms with Gasteiger partial charge in [-0.2, -0.15) is 0 Å². The van der Waals surface area contributed by atoms with E-state index >= 15 is 0 Å². The highest BCUT2D eigenvalue weighted by atomic mass is 32.2. The first-order valence-corrected chi connectivity index (χ1v) is 10.4. The highest BCUT2D eigenvalue weighted by Gasteiger charge is 2.29. The Morgan fingerprint density at radius 2 is 2.00 bits per heavy atom. The molecule has 1 aromatic carbocycles. The zero-order valence-corrected chi connectivity index (χ0v) is 15.5. The Morgan fingerprint density at radius 1 is 1.23 bits per heavy atom. The number of carbonyl (C=O) groups is 1. The van der Waals surface area contributed by atoms with E-state index in [-0.39, 0.29) is 10.8 Å². The van der Waals surface area contributed by atoms with E-state index in [9.17, 15) is 13.2 Å². The molecule has 1 amide bonds. The molecule has 9 heteroatoms. The number of carbonyl (C=O) groups excluding carboxylic acids is 1. The summed E-state index contributed by atoms with van der Waals surface area (Å²) in [5, 5.41) is 6.22. The number of piperazine rings is 1. The first-order valence-electron chi connectivity index (χ1n) is 8.93. The van der Waals surface area contributed by atoms with Crippen LogP contribution in [0.1, 0.15) is 18.4 Å². The molecule has 0 spiro atoms. The molecular weight excluding hydrogens is 354 g/mol. The predicted molar refractivity (Wildman–Crippen MR) is 99.7 cm³/mol. The highest BCUT2D eigenvalue weighted by molar-refractivity contribution is 7.90. The summed E-state index contributed by atoms with van der Waals surface area (Å²) in [5.41, 5.74) is 0.591. The van der Waals surface area contributed by atoms with Gasteiger partial charge >= 0.3 is 0 Å². The van der Waals surface area contributed by atoms with E-state index in [4.69, 9.17) is 0 Å². The van der Waals surface area contributed by atoms with E-state index in [1.54, 1.807) is 24.3 Å². The molecule has 0 aliphatic carbocycles. The Bertz CT molecular complexity index is 772. The summed E-state index contributed by atoms with van der Waals surface area (Å²) < 4.78 is 26.4. The average Bonchev–Trinajstić information content (AvgIpc) is 2.91. The third-order valence-electron chi connectivity index (χ3n) is 4.45. The lowest BCUT2D eigenvalue weighted by atomic mass is 10.2. The van der Waals surface area contributed by atoms with Gasteiger partial charge in [-0.15, -0.1) is 0 Å². The van der Waals surface area contributed by atoms with E-state index in [0.717, 1.165) is 32.7 Å². The fourth-order valence-corrected chi connectivity index (χ4v) is 4.31. The molecule has 8 nitrogen and oxygen atoms in total. The Balaban J connectivity index is 1.39. The molecule has 0 aromatic heterocycles. The van der Waals surface area contributed by atoms with E-state index in [1.165, 1.54) is 0 Å². The van der Waals surface area contributed by atoms with Gasteiger partial charge in [0, 0.05) is 57.8 Å². The number of amides is 1. The largest absolute Gasteiger partial charge is 0.355 e. The van der Waals surface area contributed by atoms with Crippen molar-refractivity contribution in [2.45, 2.75) is 17.7 Å². The van der Waals surface area contributed by atoms with Crippen LogP contribution in [0.5, 0.6) is 0 Å². The molecule has 0 unspecified atom stereocenters. The zero-order valence-electron chi connectivity index (χ0n) is 14.7. The van der Waals surface area contributed by atoms with Crippen LogP contribution in [0.3, 0.4) is 0 Å². The second-order valence-corrected chi connectivity index (χ2v) is 8.03. The quantitative estimate of drug-likeness (QED) is 0.556. The first kappa shape index (κ1) is 18.8. The monoisotopic (exact) mass is 379 g/mol. The van der Waals surface area contributed by atoms with E-state index in [1.807, 2.05) is 0 Å². The van der Waals surface area contributed by atoms with Crippen molar-refractivity contribution in [1.82, 2.24) is 20.3 Å². The van der Waals surface area contributed by atoms with Crippen LogP contribution in [0.2, 0.25) is 0 Å². The van der Waals surface area contributed by atoms with Gasteiger partial charge in [0.15, 0.2) is 0 Å². The molecule has 0 radical (unpaired) electrons. The van der Waals surface area contributed by atoms with Crippen molar-refractivity contribution < 1.29 is 13.2 Å². The smallest absolute Gasteiger partial charge is 0.263 e. The molecule has 1 aromatic rings. The normalized spacial score (nSPS) is 20.5. The van der Waals surface area contributed by atoms with Gasteiger partial charge < -0.3 is 10.6 Å². The number of hydrogen-bond acceptors (Lipinski definition) is 6. The van der Waals surface area contributed by atoms with Gasteiger partial charge in [0.25, 0.3) is 10.0 Å². The molecular formula is C17H25N5O3S. The summed E-state index contributed by atoms with van der Waals surface area (Å²) >= 11 is 0. The molecule has 1 fully saturated rings. The molecule has 0 bridgehead atoms. The number of hydrogen-bond donors (Lipinski definition) is 3. The van der Waals surface area contributed by atoms with Crippen molar-refractivity contribution in [1.29, 1.82) is 0 Å². The minimum Gasteiger partial charge on any atom is -0.355 e. The van der Waals surface area contributed by atoms with Gasteiger partial charge in [-0.25, -0.2) is 8.42 Å². The third-order valence-corrected chi connectivity index (χ3v) is 5.85. The van der Waals surface area contributed by atoms with Crippen molar-refractivity contribution in [2.24, 2.45) is 4.99 Å². The molecule has 0 saturated carbocycles. The third kappa shape index (κ3) is 4.80. The number of aliphatic imine (C=N–C) groups is 1. The molecule has 0 atom stereocenters. The molecule has 2 heterocycles. The average molecular weight is 379 g/mol. The van der Waals surface area contributed by atoms with Crippen LogP contribution < -0.4 is 15.4 Å². The molecule has 2 aliphatic heterocycles. The number of sulfonamides is 1. The second-order valence-electron chi connectivity index (χ2n) is 6.38. The lowest BCUT2D eigenvalue weighted by molar-refractivity contribution is -0.121. The second kappa shape index (κ2) is 8.61. The van der Waals surface area contributed by atoms with E-state index in [2.05, 4.69) is 25.2 Å². The summed E-state index contributed by atoms with van der Waals surface area (Å²) in [4.78, 5) is 18.8. The zero-order chi connectivity index (χ0) is 18.4. The Labute approximate surface area is 154 Å². The van der Waals surface area contributed by atoms with Crippen LogP contribution in [0.15, 0.2) is 34.2 Å². The molecule has 1 saturated heterocycles. The van der Waals surface area contributed by atoms with Crippen LogP contribution in [-0.2, 0) is 14.8 Å². The number of nitrogens with zero attached hydrogens (tertiary/aromatic N) is 2. The van der Waals surface area contributed by atoms with E-state index < -0.39 is 10.0 Å². The summed E-state index contributed by atoms with van der Waals surface area (Å²) in [6, 6.07) is 6.76. The predicted octanol–water partition coefficient (Wildman–Crippen LogP) is -0.473. The van der Waals surface area contributed by atoms with E-state index in [0.29, 0.717) is 37.3 Å². The molecule has 2 aliphatic rings. The lowest BCUT2D eigenvalue weighted by Crippen LogP contribution is -2.46. The van der Waals surface area contributed by atoms with Gasteiger partial charge in [0.2, 0.25) is 5.91 Å². The number of fused-ring (bicyclic) bond motifs is 1. The van der Waals surface area contributed by atoms with Crippen LogP contribution >= 0.6 is 0 Å². The standard InChI is InChI=1S/C17H25N5O3S/c23-16(19-10-13-22-11-8-18-9-12-22)6-3-7-20-17-14-4-1-2-5-15(14)26(24,25)21-17/h1-2,4-5,18H,3,6-13H2,(H,19,23)(H,20,21). The highest BCUT2D eigenvalue weighted by Crippen LogP contribution is 2.22. The minimum atomic E-state index is -3.50. The fourth-order valence-electron chi connectivity index (χ4n) is 3.06. The summed E-state index contributed by atoms with van der Waals surface area (Å²) in [6.07, 6.45) is 0.958. The number of amidine groups is 1. The maximum Gasteiger partial charge on any atom is 0.263 e. The number of nitrogens with one attached hydrogen (secondary N) is 3. The van der Waals surface area contributed by atoms with Crippen LogP contribution in [0, 0.1) is 0 Å². The molecule has 142 valence electrons. The van der Waals surface area contributed by atoms with Crippen molar-refractivity contribution in [3.05, 3.63) is 29.8 Å². The maximum absolute atomic E-state index is 12.0. The van der Waals surface area contributed by atoms with Crippen molar-refractivity contribution in [3.8, 4) is 0 Å². The topological polar surface area (TPSA) is 103 Å². The summed E-state index contributed by atoms with van der Waals surface area (Å²) in [7, 11) is -3.50. The molecule has 26 heavy (non-hydrogen) atoms. The van der Waals surface area contributed by atoms with Crippen molar-refractivity contribution in [3.63, 3.8) is 0 Å². The maximum atomic E-state index is 12.0. The van der Waals surface area contributed by atoms with Crippen LogP contribution in [0.25, 0.3) is 0 Å². The molecule has 3 rings (SSSR count). The SMILES string of the molecule is O=C(CCCN=C1NS(=O)(=O)c2ccccc21)NCCN1CCNCC1. The summed E-state index contributed by atoms with van der Waals surface area (Å²) in [5.74, 6) is 0.368. The Morgan fingerprint density at radius 3 is 2.81 bits per heavy atom. The first-order chi connectivity index (χ1) is 12.6. The number of benzene rings is 1. The minimum absolute atomic E-state index is 0.00716. The Kier molecular flexibility index (Phi) is 6.23. The fraction of sp³-hybridized carbons (Fsp3) is 0.529. The summed E-state index contributed by atoms with van der Waals surface area (Å²) in [6.45, 7) is 5.96. The molecule has 3 N–H and O–H groups in total. The lowest BCUT2D eigenvalue weighted by Gasteiger charge is -2.27. The van der Waals surface area contributed by atoms with Crippen molar-refractivity contribution >= 4 is 21.8 Å². The Hall–Kier alpha value is -1.97. The van der Waals surface area contributed by atoms with Gasteiger partial charge in [0.1, 0.15) is 5.84 Å². The van der Waals surface area contributed by atoms with Gasteiger partial charge in [-0.05, 0) is 18.6 Å². The van der Waals surface area contributed by atoms with Crippen molar-refractivity contribution in [2.75, 3.05) is 45.8 Å². The van der Waals surface area contributed by atoms with Crippen LogP contribution in [-0.4, -0.2) is 70.9 Å². The van der Waals surface area contributed by atoms with Gasteiger partial charge in [-0.3, -0.25) is 19.4 Å². The van der Waals surface area contributed by atoms with Gasteiger partial charge in [-0.1, -0.05) is 12.1 Å².